The van der Waals surface area contributed by atoms with Crippen LogP contribution in [0.15, 0.2) is 67.0 Å². The van der Waals surface area contributed by atoms with Crippen molar-refractivity contribution in [3.63, 3.8) is 0 Å². The van der Waals surface area contributed by atoms with Crippen LogP contribution in [0.3, 0.4) is 0 Å². The minimum Gasteiger partial charge on any atom is -0.497 e. The Morgan fingerprint density at radius 1 is 0.931 bits per heavy atom. The highest BCUT2D eigenvalue weighted by Gasteiger charge is 2.16. The van der Waals surface area contributed by atoms with Crippen molar-refractivity contribution >= 4 is 16.7 Å². The average Bonchev–Trinajstić information content (AvgIpc) is 2.79. The predicted octanol–water partition coefficient (Wildman–Crippen LogP) is 4.88. The number of methoxy groups -OCH3 is 2. The molecule has 146 valence electrons. The van der Waals surface area contributed by atoms with Crippen LogP contribution >= 0.6 is 0 Å². The molecule has 0 bridgehead atoms. The number of ether oxygens (including phenoxy) is 2. The predicted molar refractivity (Wildman–Crippen MR) is 114 cm³/mol. The number of rotatable bonds is 6. The fourth-order valence-corrected chi connectivity index (χ4v) is 3.27. The second-order valence-electron chi connectivity index (χ2n) is 6.63. The van der Waals surface area contributed by atoms with Crippen molar-refractivity contribution in [2.75, 3.05) is 19.5 Å². The topological polar surface area (TPSA) is 69.2 Å². The summed E-state index contributed by atoms with van der Waals surface area (Å²) < 4.78 is 10.9. The van der Waals surface area contributed by atoms with Crippen LogP contribution in [0.1, 0.15) is 18.5 Å². The highest BCUT2D eigenvalue weighted by Crippen LogP contribution is 2.33. The smallest absolute Gasteiger partial charge is 0.163 e. The van der Waals surface area contributed by atoms with Crippen molar-refractivity contribution in [1.29, 1.82) is 0 Å². The van der Waals surface area contributed by atoms with Gasteiger partial charge in [-0.1, -0.05) is 12.1 Å². The first-order chi connectivity index (χ1) is 14.2. The number of hydrogen-bond donors (Lipinski definition) is 1. The molecular formula is C23H22N4O2. The van der Waals surface area contributed by atoms with Crippen molar-refractivity contribution in [2.24, 2.45) is 0 Å². The van der Waals surface area contributed by atoms with E-state index in [1.807, 2.05) is 54.6 Å². The first-order valence-corrected chi connectivity index (χ1v) is 9.35. The molecule has 1 N–H and O–H groups in total. The van der Waals surface area contributed by atoms with E-state index in [2.05, 4.69) is 17.2 Å². The molecule has 0 aliphatic rings. The maximum Gasteiger partial charge on any atom is 0.163 e. The molecule has 0 saturated heterocycles. The summed E-state index contributed by atoms with van der Waals surface area (Å²) in [5, 5.41) is 4.49. The van der Waals surface area contributed by atoms with Crippen LogP contribution in [-0.2, 0) is 0 Å². The molecule has 2 aromatic heterocycles. The molecular weight excluding hydrogens is 364 g/mol. The van der Waals surface area contributed by atoms with Gasteiger partial charge in [-0.25, -0.2) is 9.97 Å². The summed E-state index contributed by atoms with van der Waals surface area (Å²) in [7, 11) is 3.30. The molecule has 1 atom stereocenters. The van der Waals surface area contributed by atoms with Crippen LogP contribution in [0.25, 0.3) is 22.3 Å². The van der Waals surface area contributed by atoms with E-state index in [1.165, 1.54) is 0 Å². The molecule has 0 aliphatic heterocycles. The van der Waals surface area contributed by atoms with E-state index in [1.54, 1.807) is 26.6 Å². The largest absolute Gasteiger partial charge is 0.497 e. The Hall–Kier alpha value is -3.67. The van der Waals surface area contributed by atoms with E-state index in [9.17, 15) is 0 Å². The Bertz CT molecular complexity index is 1130. The van der Waals surface area contributed by atoms with Crippen molar-refractivity contribution < 1.29 is 9.47 Å². The minimum atomic E-state index is -0.0455. The quantitative estimate of drug-likeness (QED) is 0.509. The van der Waals surface area contributed by atoms with Crippen LogP contribution in [0.4, 0.5) is 5.82 Å². The van der Waals surface area contributed by atoms with Crippen molar-refractivity contribution in [1.82, 2.24) is 15.0 Å². The maximum absolute atomic E-state index is 5.57. The maximum atomic E-state index is 5.57. The molecule has 6 nitrogen and oxygen atoms in total. The van der Waals surface area contributed by atoms with Crippen molar-refractivity contribution in [3.05, 3.63) is 72.6 Å². The summed E-state index contributed by atoms with van der Waals surface area (Å²) in [4.78, 5) is 13.7. The van der Waals surface area contributed by atoms with Gasteiger partial charge in [-0.2, -0.15) is 0 Å². The Labute approximate surface area is 169 Å². The molecule has 0 fully saturated rings. The van der Waals surface area contributed by atoms with Gasteiger partial charge in [0.2, 0.25) is 0 Å². The summed E-state index contributed by atoms with van der Waals surface area (Å²) in [6.45, 7) is 2.07. The molecule has 0 amide bonds. The van der Waals surface area contributed by atoms with Gasteiger partial charge >= 0.3 is 0 Å². The Balaban J connectivity index is 1.76. The summed E-state index contributed by atoms with van der Waals surface area (Å²) in [6.07, 6.45) is 3.51. The van der Waals surface area contributed by atoms with Gasteiger partial charge in [0, 0.05) is 35.0 Å². The molecule has 2 aromatic carbocycles. The molecule has 4 rings (SSSR count). The highest BCUT2D eigenvalue weighted by atomic mass is 16.5. The number of aromatic nitrogens is 3. The van der Waals surface area contributed by atoms with Gasteiger partial charge in [-0.15, -0.1) is 0 Å². The van der Waals surface area contributed by atoms with Crippen LogP contribution in [0.2, 0.25) is 0 Å². The van der Waals surface area contributed by atoms with E-state index in [0.29, 0.717) is 5.82 Å². The molecule has 2 heterocycles. The van der Waals surface area contributed by atoms with Gasteiger partial charge in [0.05, 0.1) is 25.8 Å². The third kappa shape index (κ3) is 3.82. The zero-order valence-corrected chi connectivity index (χ0v) is 16.6. The summed E-state index contributed by atoms with van der Waals surface area (Å²) in [5.41, 5.74) is 2.76. The number of hydrogen-bond acceptors (Lipinski definition) is 6. The van der Waals surface area contributed by atoms with Gasteiger partial charge in [0.1, 0.15) is 17.3 Å². The van der Waals surface area contributed by atoms with E-state index in [0.717, 1.165) is 39.3 Å². The first-order valence-electron chi connectivity index (χ1n) is 9.35. The van der Waals surface area contributed by atoms with Crippen molar-refractivity contribution in [2.45, 2.75) is 13.0 Å². The monoisotopic (exact) mass is 386 g/mol. The lowest BCUT2D eigenvalue weighted by atomic mass is 10.1. The van der Waals surface area contributed by atoms with E-state index in [-0.39, 0.29) is 6.04 Å². The lowest BCUT2D eigenvalue weighted by Crippen LogP contribution is -2.11. The molecule has 1 unspecified atom stereocenters. The summed E-state index contributed by atoms with van der Waals surface area (Å²) in [6, 6.07) is 17.6. The van der Waals surface area contributed by atoms with Gasteiger partial charge in [-0.3, -0.25) is 4.98 Å². The molecule has 0 saturated carbocycles. The fraction of sp³-hybridized carbons (Fsp3) is 0.174. The number of pyridine rings is 1. The van der Waals surface area contributed by atoms with Gasteiger partial charge in [0.25, 0.3) is 0 Å². The third-order valence-corrected chi connectivity index (χ3v) is 4.78. The Morgan fingerprint density at radius 3 is 2.55 bits per heavy atom. The lowest BCUT2D eigenvalue weighted by molar-refractivity contribution is 0.390. The molecule has 0 radical (unpaired) electrons. The van der Waals surface area contributed by atoms with Crippen LogP contribution in [0, 0.1) is 0 Å². The minimum absolute atomic E-state index is 0.0455. The number of nitrogens with zero attached hydrogens (tertiary/aromatic N) is 3. The number of para-hydroxylation sites is 1. The van der Waals surface area contributed by atoms with Crippen LogP contribution < -0.4 is 14.8 Å². The standard InChI is InChI=1S/C23H22N4O2/c1-15(18-11-10-17(28-2)13-21(18)29-3)25-23-19-8-4-5-9-20(19)26-22(27-23)16-7-6-12-24-14-16/h4-15H,1-3H3,(H,25,26,27). The van der Waals surface area contributed by atoms with Crippen molar-refractivity contribution in [3.8, 4) is 22.9 Å². The molecule has 0 aliphatic carbocycles. The molecule has 6 heteroatoms. The van der Waals surface area contributed by atoms with E-state index in [4.69, 9.17) is 19.4 Å². The van der Waals surface area contributed by atoms with E-state index < -0.39 is 0 Å². The van der Waals surface area contributed by atoms with Gasteiger partial charge in [-0.05, 0) is 43.3 Å². The van der Waals surface area contributed by atoms with Gasteiger partial charge < -0.3 is 14.8 Å². The number of anilines is 1. The average molecular weight is 386 g/mol. The molecule has 29 heavy (non-hydrogen) atoms. The Kier molecular flexibility index (Phi) is 5.24. The normalized spacial score (nSPS) is 11.8. The zero-order chi connectivity index (χ0) is 20.2. The van der Waals surface area contributed by atoms with Crippen LogP contribution in [-0.4, -0.2) is 29.2 Å². The molecule has 0 spiro atoms. The lowest BCUT2D eigenvalue weighted by Gasteiger charge is -2.20. The summed E-state index contributed by atoms with van der Waals surface area (Å²) in [5.74, 6) is 2.91. The Morgan fingerprint density at radius 2 is 1.79 bits per heavy atom. The zero-order valence-electron chi connectivity index (χ0n) is 16.6. The SMILES string of the molecule is COc1ccc(C(C)Nc2nc(-c3cccnc3)nc3ccccc23)c(OC)c1. The number of fused-ring (bicyclic) bond motifs is 1. The third-order valence-electron chi connectivity index (χ3n) is 4.78. The van der Waals surface area contributed by atoms with Gasteiger partial charge in [0.15, 0.2) is 5.82 Å². The summed E-state index contributed by atoms with van der Waals surface area (Å²) >= 11 is 0. The van der Waals surface area contributed by atoms with Crippen LogP contribution in [0.5, 0.6) is 11.5 Å². The second kappa shape index (κ2) is 8.14. The number of nitrogens with one attached hydrogen (secondary N) is 1. The van der Waals surface area contributed by atoms with E-state index >= 15 is 0 Å². The first kappa shape index (κ1) is 18.7. The fourth-order valence-electron chi connectivity index (χ4n) is 3.27. The highest BCUT2D eigenvalue weighted by molar-refractivity contribution is 5.90. The second-order valence-corrected chi connectivity index (χ2v) is 6.63. The number of benzene rings is 2. The molecule has 4 aromatic rings.